The normalized spacial score (nSPS) is 8.83. The predicted molar refractivity (Wildman–Crippen MR) is 39.3 cm³/mol. The average molecular weight is 284 g/mol. The Bertz CT molecular complexity index is 188. The molecule has 1 aromatic heterocycles. The van der Waals surface area contributed by atoms with E-state index in [-0.39, 0.29) is 24.8 Å². The smallest absolute Gasteiger partial charge is 1.00 e. The summed E-state index contributed by atoms with van der Waals surface area (Å²) in [6, 6.07) is 0. The fraction of sp³-hybridized carbons (Fsp3) is 0.500. The van der Waals surface area contributed by atoms with E-state index in [0.29, 0.717) is 0 Å². The molecule has 4 heteroatoms. The Kier molecular flexibility index (Phi) is 6.94. The van der Waals surface area contributed by atoms with Gasteiger partial charge in [-0.05, 0) is 0 Å². The Morgan fingerprint density at radius 1 is 1.00 bits per heavy atom. The second kappa shape index (κ2) is 5.47. The number of halogens is 2. The van der Waals surface area contributed by atoms with Crippen LogP contribution in [0.5, 0.6) is 0 Å². The fourth-order valence-corrected chi connectivity index (χ4v) is 1.99. The summed E-state index contributed by atoms with van der Waals surface area (Å²) in [6.45, 7) is 6.57. The minimum atomic E-state index is 0. The van der Waals surface area contributed by atoms with Gasteiger partial charge in [-0.2, -0.15) is 0 Å². The second-order valence-corrected chi connectivity index (χ2v) is 3.91. The van der Waals surface area contributed by atoms with Crippen LogP contribution in [0.15, 0.2) is 0 Å². The molecule has 0 aromatic carbocycles. The van der Waals surface area contributed by atoms with Crippen LogP contribution in [0.2, 0.25) is 0 Å². The molecule has 0 atom stereocenters. The van der Waals surface area contributed by atoms with Crippen molar-refractivity contribution in [3.8, 4) is 0 Å². The fourth-order valence-electron chi connectivity index (χ4n) is 1.12. The van der Waals surface area contributed by atoms with E-state index >= 15 is 0 Å². The molecule has 0 unspecified atom stereocenters. The zero-order valence-electron chi connectivity index (χ0n) is 7.70. The first-order chi connectivity index (χ1) is 4.55. The SMILES string of the molecule is Cc1c(C)[c]([Zr+2])n(C)c1C.[Cl-].[Cl-]. The topological polar surface area (TPSA) is 4.93 Å². The molecule has 0 saturated heterocycles. The molecule has 1 heterocycles. The Balaban J connectivity index is 0. The summed E-state index contributed by atoms with van der Waals surface area (Å²) in [5.41, 5.74) is 4.33. The summed E-state index contributed by atoms with van der Waals surface area (Å²) in [6.07, 6.45) is 0. The standard InChI is InChI=1S/C8H12N.2ClH.Zr/c1-6-5-9(4)8(3)7(6)2;;;/h1-4H3;2*1H;/q;;;+2/p-2. The molecule has 1 rings (SSSR count). The zero-order chi connectivity index (χ0) is 7.89. The maximum Gasteiger partial charge on any atom is -1.00 e. The summed E-state index contributed by atoms with van der Waals surface area (Å²) < 4.78 is 3.76. The maximum atomic E-state index is 2.28. The van der Waals surface area contributed by atoms with Crippen molar-refractivity contribution in [2.75, 3.05) is 0 Å². The first kappa shape index (κ1) is 15.2. The van der Waals surface area contributed by atoms with Crippen molar-refractivity contribution in [1.82, 2.24) is 4.57 Å². The van der Waals surface area contributed by atoms with Crippen LogP contribution in [0.1, 0.15) is 16.8 Å². The van der Waals surface area contributed by atoms with Gasteiger partial charge in [0, 0.05) is 0 Å². The largest absolute Gasteiger partial charge is 1.00 e. The maximum absolute atomic E-state index is 2.28. The third kappa shape index (κ3) is 2.37. The van der Waals surface area contributed by atoms with Gasteiger partial charge in [0.05, 0.1) is 0 Å². The van der Waals surface area contributed by atoms with E-state index in [4.69, 9.17) is 0 Å². The molecule has 1 nitrogen and oxygen atoms in total. The molecule has 0 aliphatic heterocycles. The average Bonchev–Trinajstić information content (AvgIpc) is 2.07. The minimum absolute atomic E-state index is 0. The van der Waals surface area contributed by atoms with Crippen molar-refractivity contribution in [1.29, 1.82) is 0 Å². The first-order valence-corrected chi connectivity index (χ1v) is 4.62. The molecule has 0 fully saturated rings. The van der Waals surface area contributed by atoms with Gasteiger partial charge in [-0.25, -0.2) is 0 Å². The number of rotatable bonds is 0. The molecule has 0 saturated carbocycles. The summed E-state index contributed by atoms with van der Waals surface area (Å²) >= 11 is 1.51. The van der Waals surface area contributed by atoms with E-state index < -0.39 is 0 Å². The Morgan fingerprint density at radius 3 is 1.50 bits per heavy atom. The van der Waals surface area contributed by atoms with E-state index in [0.717, 1.165) is 0 Å². The van der Waals surface area contributed by atoms with Crippen LogP contribution < -0.4 is 28.2 Å². The summed E-state index contributed by atoms with van der Waals surface area (Å²) in [7, 11) is 2.14. The van der Waals surface area contributed by atoms with E-state index in [9.17, 15) is 0 Å². The third-order valence-electron chi connectivity index (χ3n) is 2.30. The molecular weight excluding hydrogens is 272 g/mol. The van der Waals surface area contributed by atoms with Gasteiger partial charge in [0.1, 0.15) is 0 Å². The van der Waals surface area contributed by atoms with Crippen molar-refractivity contribution >= 4 is 3.40 Å². The van der Waals surface area contributed by atoms with Crippen LogP contribution in [0.3, 0.4) is 0 Å². The van der Waals surface area contributed by atoms with Crippen molar-refractivity contribution in [3.63, 3.8) is 0 Å². The molecule has 0 aliphatic carbocycles. The molecule has 0 N–H and O–H groups in total. The van der Waals surface area contributed by atoms with E-state index in [1.807, 2.05) is 0 Å². The predicted octanol–water partition coefficient (Wildman–Crippen LogP) is -4.87. The first-order valence-electron chi connectivity index (χ1n) is 3.39. The van der Waals surface area contributed by atoms with Crippen molar-refractivity contribution in [2.45, 2.75) is 20.8 Å². The quantitative estimate of drug-likeness (QED) is 0.450. The van der Waals surface area contributed by atoms with Gasteiger partial charge in [0.15, 0.2) is 0 Å². The number of aromatic nitrogens is 1. The van der Waals surface area contributed by atoms with Crippen molar-refractivity contribution < 1.29 is 49.5 Å². The number of hydrogen-bond donors (Lipinski definition) is 0. The van der Waals surface area contributed by atoms with Crippen LogP contribution in [0, 0.1) is 20.8 Å². The van der Waals surface area contributed by atoms with Crippen LogP contribution in [-0.2, 0) is 31.8 Å². The van der Waals surface area contributed by atoms with Crippen LogP contribution in [0.4, 0.5) is 0 Å². The number of hydrogen-bond acceptors (Lipinski definition) is 0. The summed E-state index contributed by atoms with van der Waals surface area (Å²) in [5, 5.41) is 0. The molecule has 0 bridgehead atoms. The molecule has 12 heavy (non-hydrogen) atoms. The molecule has 0 amide bonds. The van der Waals surface area contributed by atoms with E-state index in [1.54, 1.807) is 0 Å². The van der Waals surface area contributed by atoms with E-state index in [2.05, 4.69) is 32.4 Å². The summed E-state index contributed by atoms with van der Waals surface area (Å²) in [5.74, 6) is 0. The molecule has 0 spiro atoms. The van der Waals surface area contributed by atoms with Gasteiger partial charge in [0.2, 0.25) is 0 Å². The van der Waals surface area contributed by atoms with Gasteiger partial charge >= 0.3 is 77.3 Å². The van der Waals surface area contributed by atoms with Crippen molar-refractivity contribution in [2.24, 2.45) is 7.05 Å². The Labute approximate surface area is 102 Å². The van der Waals surface area contributed by atoms with Gasteiger partial charge in [-0.1, -0.05) is 0 Å². The third-order valence-corrected chi connectivity index (χ3v) is 4.05. The van der Waals surface area contributed by atoms with Gasteiger partial charge < -0.3 is 24.8 Å². The molecule has 1 aromatic rings. The Morgan fingerprint density at radius 2 is 1.42 bits per heavy atom. The zero-order valence-corrected chi connectivity index (χ0v) is 11.7. The van der Waals surface area contributed by atoms with Gasteiger partial charge in [0.25, 0.3) is 0 Å². The molecule has 67 valence electrons. The van der Waals surface area contributed by atoms with E-state index in [1.165, 1.54) is 44.9 Å². The molecular formula is C8H12Cl2NZr. The Hall–Kier alpha value is 0.743. The van der Waals surface area contributed by atoms with Crippen LogP contribution >= 0.6 is 0 Å². The number of nitrogens with zero attached hydrogens (tertiary/aromatic N) is 1. The summed E-state index contributed by atoms with van der Waals surface area (Å²) in [4.78, 5) is 0. The van der Waals surface area contributed by atoms with Gasteiger partial charge in [-0.3, -0.25) is 0 Å². The van der Waals surface area contributed by atoms with Crippen molar-refractivity contribution in [3.05, 3.63) is 16.8 Å². The molecule has 0 radical (unpaired) electrons. The second-order valence-electron chi connectivity index (χ2n) is 2.74. The van der Waals surface area contributed by atoms with Crippen LogP contribution in [-0.4, -0.2) is 4.57 Å². The monoisotopic (exact) mass is 282 g/mol. The molecule has 0 aliphatic rings. The van der Waals surface area contributed by atoms with Crippen LogP contribution in [0.25, 0.3) is 0 Å². The minimum Gasteiger partial charge on any atom is -1.00 e. The van der Waals surface area contributed by atoms with Gasteiger partial charge in [-0.15, -0.1) is 0 Å².